The first-order valence-electron chi connectivity index (χ1n) is 5.14. The number of halogens is 1. The van der Waals surface area contributed by atoms with Crippen molar-refractivity contribution in [1.29, 1.82) is 0 Å². The van der Waals surface area contributed by atoms with Crippen LogP contribution in [0.1, 0.15) is 20.7 Å². The molecule has 1 aliphatic rings. The van der Waals surface area contributed by atoms with Gasteiger partial charge in [-0.1, -0.05) is 0 Å². The average molecular weight is 376 g/mol. The molecule has 7 nitrogen and oxygen atoms in total. The summed E-state index contributed by atoms with van der Waals surface area (Å²) in [5.74, 6) is -1.52. The number of carbonyl (C=O) groups excluding carboxylic acids is 3. The van der Waals surface area contributed by atoms with Gasteiger partial charge in [0.25, 0.3) is 11.8 Å². The maximum absolute atomic E-state index is 12.0. The van der Waals surface area contributed by atoms with E-state index in [0.29, 0.717) is 5.75 Å². The molecule has 2 rings (SSSR count). The third-order valence-electron chi connectivity index (χ3n) is 2.70. The minimum atomic E-state index is -0.673. The number of nitrogens with two attached hydrogens (primary N) is 1. The molecule has 1 aromatic rings. The molecule has 8 heteroatoms. The minimum Gasteiger partial charge on any atom is -0.468 e. The number of imide groups is 1. The van der Waals surface area contributed by atoms with Crippen LogP contribution in [0, 0.1) is 0 Å². The standard InChI is InChI=1S/C11H9IN2O5/c1-18-9(15)4-14-10(16)5-2-7(13)8(19-12)3-6(5)11(14)17/h2-3H,4,13H2,1H3. The molecule has 2 N–H and O–H groups in total. The first-order chi connectivity index (χ1) is 8.99. The van der Waals surface area contributed by atoms with E-state index in [0.717, 1.165) is 4.90 Å². The lowest BCUT2D eigenvalue weighted by Gasteiger charge is -2.11. The van der Waals surface area contributed by atoms with Gasteiger partial charge in [0, 0.05) is 0 Å². The van der Waals surface area contributed by atoms with Crippen molar-refractivity contribution in [2.45, 2.75) is 0 Å². The molecule has 0 bridgehead atoms. The molecule has 1 aliphatic heterocycles. The van der Waals surface area contributed by atoms with Gasteiger partial charge < -0.3 is 13.5 Å². The largest absolute Gasteiger partial charge is 0.468 e. The second-order valence-corrected chi connectivity index (χ2v) is 4.23. The van der Waals surface area contributed by atoms with Crippen molar-refractivity contribution in [3.8, 4) is 5.75 Å². The zero-order valence-corrected chi connectivity index (χ0v) is 12.0. The molecule has 0 spiro atoms. The lowest BCUT2D eigenvalue weighted by atomic mass is 10.1. The summed E-state index contributed by atoms with van der Waals surface area (Å²) < 4.78 is 9.40. The Morgan fingerprint density at radius 2 is 1.89 bits per heavy atom. The summed E-state index contributed by atoms with van der Waals surface area (Å²) in [5, 5.41) is 0. The average Bonchev–Trinajstić information content (AvgIpc) is 2.62. The van der Waals surface area contributed by atoms with E-state index in [2.05, 4.69) is 4.74 Å². The summed E-state index contributed by atoms with van der Waals surface area (Å²) in [6.45, 7) is -0.427. The highest BCUT2D eigenvalue weighted by atomic mass is 127. The van der Waals surface area contributed by atoms with Crippen LogP contribution in [-0.2, 0) is 9.53 Å². The quantitative estimate of drug-likeness (QED) is 0.362. The monoisotopic (exact) mass is 376 g/mol. The van der Waals surface area contributed by atoms with Crippen molar-refractivity contribution in [1.82, 2.24) is 4.90 Å². The van der Waals surface area contributed by atoms with Crippen LogP contribution >= 0.6 is 23.0 Å². The number of fused-ring (bicyclic) bond motifs is 1. The highest BCUT2D eigenvalue weighted by molar-refractivity contribution is 14.1. The number of anilines is 1. The molecule has 1 aromatic carbocycles. The summed E-state index contributed by atoms with van der Waals surface area (Å²) in [6.07, 6.45) is 0. The van der Waals surface area contributed by atoms with Crippen LogP contribution in [0.25, 0.3) is 0 Å². The van der Waals surface area contributed by atoms with Gasteiger partial charge in [0.05, 0.1) is 23.9 Å². The van der Waals surface area contributed by atoms with Crippen LogP contribution in [0.4, 0.5) is 5.69 Å². The van der Waals surface area contributed by atoms with Crippen molar-refractivity contribution in [3.05, 3.63) is 23.3 Å². The van der Waals surface area contributed by atoms with E-state index in [9.17, 15) is 14.4 Å². The van der Waals surface area contributed by atoms with Crippen LogP contribution in [0.3, 0.4) is 0 Å². The third kappa shape index (κ3) is 2.23. The number of benzene rings is 1. The first-order valence-corrected chi connectivity index (χ1v) is 6.02. The molecule has 0 atom stereocenters. The van der Waals surface area contributed by atoms with Crippen molar-refractivity contribution in [3.63, 3.8) is 0 Å². The van der Waals surface area contributed by atoms with Crippen LogP contribution in [0.15, 0.2) is 12.1 Å². The molecule has 0 unspecified atom stereocenters. The van der Waals surface area contributed by atoms with Gasteiger partial charge in [-0.15, -0.1) is 0 Å². The number of rotatable bonds is 3. The van der Waals surface area contributed by atoms with E-state index in [-0.39, 0.29) is 16.8 Å². The van der Waals surface area contributed by atoms with Crippen molar-refractivity contribution < 1.29 is 22.2 Å². The third-order valence-corrected chi connectivity index (χ3v) is 3.17. The number of hydrogen-bond acceptors (Lipinski definition) is 6. The Morgan fingerprint density at radius 3 is 2.42 bits per heavy atom. The first kappa shape index (κ1) is 13.6. The van der Waals surface area contributed by atoms with E-state index in [4.69, 9.17) is 8.80 Å². The lowest BCUT2D eigenvalue weighted by Crippen LogP contribution is -2.35. The zero-order valence-electron chi connectivity index (χ0n) is 9.81. The van der Waals surface area contributed by atoms with Gasteiger partial charge in [0.15, 0.2) is 28.8 Å². The van der Waals surface area contributed by atoms with Gasteiger partial charge in [-0.2, -0.15) is 0 Å². The molecule has 0 aromatic heterocycles. The van der Waals surface area contributed by atoms with E-state index in [1.807, 2.05) is 0 Å². The van der Waals surface area contributed by atoms with E-state index >= 15 is 0 Å². The number of nitrogen functional groups attached to an aromatic ring is 1. The molecule has 19 heavy (non-hydrogen) atoms. The Hall–Kier alpha value is -1.84. The maximum atomic E-state index is 12.0. The summed E-state index contributed by atoms with van der Waals surface area (Å²) in [5.41, 5.74) is 6.24. The summed E-state index contributed by atoms with van der Waals surface area (Å²) in [7, 11) is 1.18. The van der Waals surface area contributed by atoms with Crippen LogP contribution in [0.2, 0.25) is 0 Å². The highest BCUT2D eigenvalue weighted by Gasteiger charge is 2.37. The van der Waals surface area contributed by atoms with Gasteiger partial charge >= 0.3 is 5.97 Å². The molecular weight excluding hydrogens is 367 g/mol. The van der Waals surface area contributed by atoms with Gasteiger partial charge in [0.1, 0.15) is 6.54 Å². The summed E-state index contributed by atoms with van der Waals surface area (Å²) in [6, 6.07) is 2.75. The topological polar surface area (TPSA) is 98.9 Å². The number of ether oxygens (including phenoxy) is 1. The fourth-order valence-corrected chi connectivity index (χ4v) is 2.12. The van der Waals surface area contributed by atoms with Gasteiger partial charge in [-0.25, -0.2) is 0 Å². The van der Waals surface area contributed by atoms with Crippen molar-refractivity contribution in [2.24, 2.45) is 0 Å². The number of nitrogens with zero attached hydrogens (tertiary/aromatic N) is 1. The fraction of sp³-hybridized carbons (Fsp3) is 0.182. The Labute approximate surface area is 122 Å². The number of hydrogen-bond donors (Lipinski definition) is 1. The molecule has 2 amide bonds. The van der Waals surface area contributed by atoms with Gasteiger partial charge in [0.2, 0.25) is 0 Å². The Balaban J connectivity index is 2.41. The molecule has 0 aliphatic carbocycles. The number of esters is 1. The van der Waals surface area contributed by atoms with E-state index in [1.165, 1.54) is 19.2 Å². The van der Waals surface area contributed by atoms with Gasteiger partial charge in [-0.05, 0) is 12.1 Å². The normalized spacial score (nSPS) is 13.5. The predicted molar refractivity (Wildman–Crippen MR) is 72.9 cm³/mol. The molecule has 0 radical (unpaired) electrons. The van der Waals surface area contributed by atoms with Gasteiger partial charge in [-0.3, -0.25) is 19.3 Å². The zero-order chi connectivity index (χ0) is 14.2. The lowest BCUT2D eigenvalue weighted by molar-refractivity contribution is -0.140. The summed E-state index contributed by atoms with van der Waals surface area (Å²) >= 11 is 1.62. The number of amides is 2. The van der Waals surface area contributed by atoms with Crippen LogP contribution in [0.5, 0.6) is 5.75 Å². The van der Waals surface area contributed by atoms with Crippen LogP contribution in [-0.4, -0.2) is 36.3 Å². The maximum Gasteiger partial charge on any atom is 0.325 e. The van der Waals surface area contributed by atoms with Crippen molar-refractivity contribution >= 4 is 46.5 Å². The summed E-state index contributed by atoms with van der Waals surface area (Å²) in [4.78, 5) is 36.0. The Bertz CT molecular complexity index is 587. The fourth-order valence-electron chi connectivity index (χ4n) is 1.74. The van der Waals surface area contributed by atoms with Crippen molar-refractivity contribution in [2.75, 3.05) is 19.4 Å². The number of methoxy groups -OCH3 is 1. The number of carbonyl (C=O) groups is 3. The molecule has 100 valence electrons. The second-order valence-electron chi connectivity index (χ2n) is 3.79. The molecule has 0 saturated heterocycles. The molecule has 0 fully saturated rings. The Kier molecular flexibility index (Phi) is 3.60. The smallest absolute Gasteiger partial charge is 0.325 e. The SMILES string of the molecule is COC(=O)CN1C(=O)c2cc(N)c(OI)cc2C1=O. The molecule has 0 saturated carbocycles. The molecule has 1 heterocycles. The second kappa shape index (κ2) is 5.03. The predicted octanol–water partition coefficient (Wildman–Crippen LogP) is 0.767. The minimum absolute atomic E-state index is 0.156. The van der Waals surface area contributed by atoms with Crippen LogP contribution < -0.4 is 8.80 Å². The molecular formula is C11H9IN2O5. The Morgan fingerprint density at radius 1 is 1.32 bits per heavy atom. The van der Waals surface area contributed by atoms with E-state index < -0.39 is 24.3 Å². The van der Waals surface area contributed by atoms with E-state index in [1.54, 1.807) is 23.0 Å². The highest BCUT2D eigenvalue weighted by Crippen LogP contribution is 2.32.